The van der Waals surface area contributed by atoms with Gasteiger partial charge in [-0.25, -0.2) is 13.6 Å². The summed E-state index contributed by atoms with van der Waals surface area (Å²) in [6.45, 7) is 1.79. The van der Waals surface area contributed by atoms with Crippen LogP contribution in [-0.2, 0) is 14.8 Å². The van der Waals surface area contributed by atoms with E-state index in [-0.39, 0.29) is 22.8 Å². The lowest BCUT2D eigenvalue weighted by Gasteiger charge is -2.18. The molecule has 0 fully saturated rings. The Balaban J connectivity index is 1.73. The second-order valence-electron chi connectivity index (χ2n) is 5.86. The van der Waals surface area contributed by atoms with E-state index < -0.39 is 10.0 Å². The summed E-state index contributed by atoms with van der Waals surface area (Å²) in [5.41, 5.74) is 1.80. The molecule has 2 aromatic rings. The number of thioether (sulfide) groups is 1. The highest BCUT2D eigenvalue weighted by Crippen LogP contribution is 2.32. The van der Waals surface area contributed by atoms with E-state index in [1.54, 1.807) is 37.3 Å². The summed E-state index contributed by atoms with van der Waals surface area (Å²) in [6, 6.07) is 10.8. The molecule has 2 aromatic carbocycles. The third-order valence-electron chi connectivity index (χ3n) is 3.93. The fourth-order valence-electron chi connectivity index (χ4n) is 2.53. The van der Waals surface area contributed by atoms with E-state index in [0.29, 0.717) is 17.0 Å². The summed E-state index contributed by atoms with van der Waals surface area (Å²) in [4.78, 5) is 24.9. The van der Waals surface area contributed by atoms with Crippen LogP contribution in [0.4, 0.5) is 5.69 Å². The summed E-state index contributed by atoms with van der Waals surface area (Å²) in [6.07, 6.45) is 0. The van der Waals surface area contributed by atoms with Gasteiger partial charge in [-0.1, -0.05) is 12.1 Å². The highest BCUT2D eigenvalue weighted by Gasteiger charge is 2.18. The van der Waals surface area contributed by atoms with Crippen LogP contribution in [0.5, 0.6) is 0 Å². The molecule has 3 rings (SSSR count). The first-order valence-corrected chi connectivity index (χ1v) is 10.3. The molecule has 0 saturated carbocycles. The molecule has 7 nitrogen and oxygen atoms in total. The maximum atomic E-state index is 12.5. The number of nitrogens with two attached hydrogens (primary N) is 1. The van der Waals surface area contributed by atoms with Crippen molar-refractivity contribution in [1.29, 1.82) is 0 Å². The molecule has 0 aromatic heterocycles. The number of nitrogens with one attached hydrogen (secondary N) is 2. The van der Waals surface area contributed by atoms with Gasteiger partial charge in [0.25, 0.3) is 5.91 Å². The van der Waals surface area contributed by atoms with Crippen LogP contribution in [0.15, 0.2) is 52.3 Å². The van der Waals surface area contributed by atoms with E-state index >= 15 is 0 Å². The van der Waals surface area contributed by atoms with E-state index in [2.05, 4.69) is 10.6 Å². The van der Waals surface area contributed by atoms with Gasteiger partial charge in [-0.05, 0) is 42.8 Å². The van der Waals surface area contributed by atoms with Crippen molar-refractivity contribution in [2.75, 3.05) is 11.1 Å². The van der Waals surface area contributed by atoms with Gasteiger partial charge in [-0.15, -0.1) is 11.8 Å². The average molecular weight is 391 g/mol. The standard InChI is InChI=1S/C17H17N3O4S2/c1-10(11-2-5-13(6-3-11)26(18,23)24)19-17(22)12-4-7-15-14(8-12)20-16(21)9-25-15/h2-8,10H,9H2,1H3,(H,19,22)(H,20,21)(H2,18,23,24). The number of benzene rings is 2. The Labute approximate surface area is 155 Å². The lowest BCUT2D eigenvalue weighted by molar-refractivity contribution is -0.113. The molecule has 136 valence electrons. The fourth-order valence-corrected chi connectivity index (χ4v) is 3.84. The summed E-state index contributed by atoms with van der Waals surface area (Å²) in [7, 11) is -3.75. The molecule has 0 spiro atoms. The van der Waals surface area contributed by atoms with Gasteiger partial charge in [0, 0.05) is 10.5 Å². The molecule has 1 aliphatic heterocycles. The van der Waals surface area contributed by atoms with Gasteiger partial charge < -0.3 is 10.6 Å². The molecule has 0 aliphatic carbocycles. The summed E-state index contributed by atoms with van der Waals surface area (Å²) < 4.78 is 22.6. The van der Waals surface area contributed by atoms with E-state index in [9.17, 15) is 18.0 Å². The second kappa shape index (κ2) is 7.10. The number of carbonyl (C=O) groups excluding carboxylic acids is 2. The zero-order chi connectivity index (χ0) is 18.9. The molecular formula is C17H17N3O4S2. The number of primary sulfonamides is 1. The number of hydrogen-bond acceptors (Lipinski definition) is 5. The lowest BCUT2D eigenvalue weighted by Crippen LogP contribution is -2.27. The molecule has 0 saturated heterocycles. The summed E-state index contributed by atoms with van der Waals surface area (Å²) in [5.74, 6) is -0.0200. The SMILES string of the molecule is CC(NC(=O)c1ccc2c(c1)NC(=O)CS2)c1ccc(S(N)(=O)=O)cc1. The zero-order valence-electron chi connectivity index (χ0n) is 13.9. The largest absolute Gasteiger partial charge is 0.346 e. The number of sulfonamides is 1. The van der Waals surface area contributed by atoms with Crippen LogP contribution in [0.1, 0.15) is 28.9 Å². The van der Waals surface area contributed by atoms with Crippen LogP contribution >= 0.6 is 11.8 Å². The van der Waals surface area contributed by atoms with Crippen LogP contribution in [0.2, 0.25) is 0 Å². The molecule has 2 amide bonds. The smallest absolute Gasteiger partial charge is 0.251 e. The highest BCUT2D eigenvalue weighted by atomic mass is 32.2. The number of hydrogen-bond donors (Lipinski definition) is 3. The molecule has 1 heterocycles. The summed E-state index contributed by atoms with van der Waals surface area (Å²) in [5, 5.41) is 10.7. The number of anilines is 1. The van der Waals surface area contributed by atoms with Gasteiger partial charge in [-0.2, -0.15) is 0 Å². The number of amides is 2. The van der Waals surface area contributed by atoms with Crippen molar-refractivity contribution in [3.8, 4) is 0 Å². The van der Waals surface area contributed by atoms with E-state index in [4.69, 9.17) is 5.14 Å². The van der Waals surface area contributed by atoms with Crippen LogP contribution in [-0.4, -0.2) is 26.0 Å². The Kier molecular flexibility index (Phi) is 5.03. The lowest BCUT2D eigenvalue weighted by atomic mass is 10.1. The first kappa shape index (κ1) is 18.4. The third kappa shape index (κ3) is 4.06. The molecular weight excluding hydrogens is 374 g/mol. The second-order valence-corrected chi connectivity index (χ2v) is 8.44. The zero-order valence-corrected chi connectivity index (χ0v) is 15.5. The van der Waals surface area contributed by atoms with Crippen LogP contribution < -0.4 is 15.8 Å². The predicted octanol–water partition coefficient (Wildman–Crippen LogP) is 1.87. The number of rotatable bonds is 4. The maximum Gasteiger partial charge on any atom is 0.251 e. The van der Waals surface area contributed by atoms with E-state index in [0.717, 1.165) is 10.5 Å². The van der Waals surface area contributed by atoms with Crippen LogP contribution in [0.3, 0.4) is 0 Å². The average Bonchev–Trinajstić information content (AvgIpc) is 2.60. The van der Waals surface area contributed by atoms with Crippen LogP contribution in [0.25, 0.3) is 0 Å². The Morgan fingerprint density at radius 1 is 1.23 bits per heavy atom. The monoisotopic (exact) mass is 391 g/mol. The van der Waals surface area contributed by atoms with Gasteiger partial charge in [0.1, 0.15) is 0 Å². The van der Waals surface area contributed by atoms with Crippen LogP contribution in [0, 0.1) is 0 Å². The van der Waals surface area contributed by atoms with Gasteiger partial charge in [-0.3, -0.25) is 9.59 Å². The topological polar surface area (TPSA) is 118 Å². The van der Waals surface area contributed by atoms with Gasteiger partial charge in [0.05, 0.1) is 22.4 Å². The van der Waals surface area contributed by atoms with Crippen molar-refractivity contribution in [2.45, 2.75) is 22.8 Å². The predicted molar refractivity (Wildman–Crippen MR) is 99.5 cm³/mol. The normalized spacial score (nSPS) is 14.9. The number of fused-ring (bicyclic) bond motifs is 1. The molecule has 4 N–H and O–H groups in total. The maximum absolute atomic E-state index is 12.5. The molecule has 26 heavy (non-hydrogen) atoms. The highest BCUT2D eigenvalue weighted by molar-refractivity contribution is 8.00. The van der Waals surface area contributed by atoms with E-state index in [1.807, 2.05) is 0 Å². The Hall–Kier alpha value is -2.36. The first-order chi connectivity index (χ1) is 12.2. The molecule has 1 aliphatic rings. The Bertz CT molecular complexity index is 972. The molecule has 1 unspecified atom stereocenters. The van der Waals surface area contributed by atoms with Crippen molar-refractivity contribution in [1.82, 2.24) is 5.32 Å². The molecule has 1 atom stereocenters. The van der Waals surface area contributed by atoms with Crippen molar-refractivity contribution < 1.29 is 18.0 Å². The third-order valence-corrected chi connectivity index (χ3v) is 5.93. The fraction of sp³-hybridized carbons (Fsp3) is 0.176. The van der Waals surface area contributed by atoms with E-state index in [1.165, 1.54) is 23.9 Å². The van der Waals surface area contributed by atoms with Gasteiger partial charge in [0.2, 0.25) is 15.9 Å². The minimum Gasteiger partial charge on any atom is -0.346 e. The number of carbonyl (C=O) groups is 2. The minimum atomic E-state index is -3.75. The van der Waals surface area contributed by atoms with Gasteiger partial charge >= 0.3 is 0 Å². The molecule has 0 radical (unpaired) electrons. The summed E-state index contributed by atoms with van der Waals surface area (Å²) >= 11 is 1.43. The Morgan fingerprint density at radius 3 is 2.58 bits per heavy atom. The first-order valence-electron chi connectivity index (χ1n) is 7.74. The van der Waals surface area contributed by atoms with Crippen molar-refractivity contribution in [3.63, 3.8) is 0 Å². The molecule has 0 bridgehead atoms. The van der Waals surface area contributed by atoms with Crippen molar-refractivity contribution in [2.24, 2.45) is 5.14 Å². The quantitative estimate of drug-likeness (QED) is 0.735. The minimum absolute atomic E-state index is 0.0164. The van der Waals surface area contributed by atoms with Gasteiger partial charge in [0.15, 0.2) is 0 Å². The molecule has 9 heteroatoms. The van der Waals surface area contributed by atoms with Crippen molar-refractivity contribution >= 4 is 39.3 Å². The van der Waals surface area contributed by atoms with Crippen molar-refractivity contribution in [3.05, 3.63) is 53.6 Å². The Morgan fingerprint density at radius 2 is 1.92 bits per heavy atom.